The SMILES string of the molecule is O=C(Nc1ccc(C(=O)N2CCCC2)cc1)c1ccc(Oc2ccccc2)cc1. The first-order valence-corrected chi connectivity index (χ1v) is 9.73. The van der Waals surface area contributed by atoms with Crippen LogP contribution in [0.4, 0.5) is 5.69 Å². The van der Waals surface area contributed by atoms with Crippen molar-refractivity contribution >= 4 is 17.5 Å². The van der Waals surface area contributed by atoms with E-state index in [2.05, 4.69) is 5.32 Å². The average Bonchev–Trinajstić information content (AvgIpc) is 3.30. The number of carbonyl (C=O) groups excluding carboxylic acids is 2. The number of ether oxygens (including phenoxy) is 1. The average molecular weight is 386 g/mol. The highest BCUT2D eigenvalue weighted by Crippen LogP contribution is 2.22. The Labute approximate surface area is 169 Å². The van der Waals surface area contributed by atoms with Crippen LogP contribution in [0.1, 0.15) is 33.6 Å². The fourth-order valence-corrected chi connectivity index (χ4v) is 3.30. The maximum absolute atomic E-state index is 12.5. The van der Waals surface area contributed by atoms with Crippen LogP contribution in [0, 0.1) is 0 Å². The third-order valence-electron chi connectivity index (χ3n) is 4.88. The summed E-state index contributed by atoms with van der Waals surface area (Å²) in [4.78, 5) is 26.7. The van der Waals surface area contributed by atoms with Crippen LogP contribution in [0.3, 0.4) is 0 Å². The van der Waals surface area contributed by atoms with Gasteiger partial charge in [-0.25, -0.2) is 0 Å². The summed E-state index contributed by atoms with van der Waals surface area (Å²) < 4.78 is 5.74. The van der Waals surface area contributed by atoms with Gasteiger partial charge in [0.2, 0.25) is 0 Å². The molecule has 0 bridgehead atoms. The molecule has 1 aliphatic rings. The molecule has 5 nitrogen and oxygen atoms in total. The van der Waals surface area contributed by atoms with Crippen LogP contribution in [0.15, 0.2) is 78.9 Å². The van der Waals surface area contributed by atoms with Gasteiger partial charge < -0.3 is 15.0 Å². The third-order valence-corrected chi connectivity index (χ3v) is 4.88. The molecule has 0 spiro atoms. The lowest BCUT2D eigenvalue weighted by Crippen LogP contribution is -2.27. The summed E-state index contributed by atoms with van der Waals surface area (Å²) in [5.41, 5.74) is 1.83. The molecule has 3 aromatic rings. The first-order chi connectivity index (χ1) is 14.2. The summed E-state index contributed by atoms with van der Waals surface area (Å²) in [6.07, 6.45) is 2.13. The molecule has 4 rings (SSSR count). The highest BCUT2D eigenvalue weighted by molar-refractivity contribution is 6.04. The highest BCUT2D eigenvalue weighted by Gasteiger charge is 2.19. The van der Waals surface area contributed by atoms with Crippen LogP contribution < -0.4 is 10.1 Å². The van der Waals surface area contributed by atoms with Gasteiger partial charge in [0.25, 0.3) is 11.8 Å². The van der Waals surface area contributed by atoms with E-state index in [9.17, 15) is 9.59 Å². The summed E-state index contributed by atoms with van der Waals surface area (Å²) in [7, 11) is 0. The van der Waals surface area contributed by atoms with Crippen molar-refractivity contribution in [1.29, 1.82) is 0 Å². The lowest BCUT2D eigenvalue weighted by molar-refractivity contribution is 0.0792. The molecule has 0 radical (unpaired) electrons. The van der Waals surface area contributed by atoms with E-state index < -0.39 is 0 Å². The number of para-hydroxylation sites is 1. The quantitative estimate of drug-likeness (QED) is 0.674. The zero-order chi connectivity index (χ0) is 20.1. The van der Waals surface area contributed by atoms with Crippen LogP contribution in [0.2, 0.25) is 0 Å². The first kappa shape index (κ1) is 18.7. The summed E-state index contributed by atoms with van der Waals surface area (Å²) in [6.45, 7) is 1.64. The number of anilines is 1. The van der Waals surface area contributed by atoms with Crippen LogP contribution in [0.25, 0.3) is 0 Å². The molecule has 0 unspecified atom stereocenters. The molecule has 1 saturated heterocycles. The molecule has 2 amide bonds. The van der Waals surface area contributed by atoms with E-state index in [1.165, 1.54) is 0 Å². The van der Waals surface area contributed by atoms with Crippen molar-refractivity contribution in [3.63, 3.8) is 0 Å². The third kappa shape index (κ3) is 4.63. The van der Waals surface area contributed by atoms with Crippen molar-refractivity contribution in [3.8, 4) is 11.5 Å². The van der Waals surface area contributed by atoms with E-state index in [4.69, 9.17) is 4.74 Å². The van der Waals surface area contributed by atoms with Crippen molar-refractivity contribution in [2.45, 2.75) is 12.8 Å². The minimum atomic E-state index is -0.213. The van der Waals surface area contributed by atoms with Gasteiger partial charge in [0.05, 0.1) is 0 Å². The Bertz CT molecular complexity index is 977. The molecule has 1 aliphatic heterocycles. The van der Waals surface area contributed by atoms with Gasteiger partial charge in [-0.2, -0.15) is 0 Å². The highest BCUT2D eigenvalue weighted by atomic mass is 16.5. The molecule has 5 heteroatoms. The van der Waals surface area contributed by atoms with Crippen molar-refractivity contribution in [2.24, 2.45) is 0 Å². The molecule has 1 heterocycles. The van der Waals surface area contributed by atoms with Crippen molar-refractivity contribution in [2.75, 3.05) is 18.4 Å². The largest absolute Gasteiger partial charge is 0.457 e. The van der Waals surface area contributed by atoms with Gasteiger partial charge in [-0.3, -0.25) is 9.59 Å². The van der Waals surface area contributed by atoms with Gasteiger partial charge in [-0.05, 0) is 73.5 Å². The Hall–Kier alpha value is -3.60. The number of carbonyl (C=O) groups is 2. The Morgan fingerprint density at radius 1 is 0.724 bits per heavy atom. The molecule has 0 aliphatic carbocycles. The molecule has 0 saturated carbocycles. The zero-order valence-electron chi connectivity index (χ0n) is 16.0. The van der Waals surface area contributed by atoms with Crippen molar-refractivity contribution in [3.05, 3.63) is 90.0 Å². The standard InChI is InChI=1S/C24H22N2O3/c27-23(18-10-14-22(15-11-18)29-21-6-2-1-3-7-21)25-20-12-8-19(9-13-20)24(28)26-16-4-5-17-26/h1-3,6-15H,4-5,16-17H2,(H,25,27). The van der Waals surface area contributed by atoms with Crippen LogP contribution in [-0.2, 0) is 0 Å². The molecule has 146 valence electrons. The number of rotatable bonds is 5. The number of likely N-dealkylation sites (tertiary alicyclic amines) is 1. The number of hydrogen-bond acceptors (Lipinski definition) is 3. The molecular weight excluding hydrogens is 364 g/mol. The van der Waals surface area contributed by atoms with E-state index in [-0.39, 0.29) is 11.8 Å². The topological polar surface area (TPSA) is 58.6 Å². The minimum absolute atomic E-state index is 0.0504. The van der Waals surface area contributed by atoms with Crippen molar-refractivity contribution < 1.29 is 14.3 Å². The fraction of sp³-hybridized carbons (Fsp3) is 0.167. The number of hydrogen-bond donors (Lipinski definition) is 1. The normalized spacial score (nSPS) is 13.2. The first-order valence-electron chi connectivity index (χ1n) is 9.73. The zero-order valence-corrected chi connectivity index (χ0v) is 16.0. The van der Waals surface area contributed by atoms with Crippen molar-refractivity contribution in [1.82, 2.24) is 4.90 Å². The molecule has 3 aromatic carbocycles. The summed E-state index contributed by atoms with van der Waals surface area (Å²) in [5, 5.41) is 2.86. The van der Waals surface area contributed by atoms with E-state index in [1.807, 2.05) is 35.2 Å². The van der Waals surface area contributed by atoms with Crippen LogP contribution in [0.5, 0.6) is 11.5 Å². The minimum Gasteiger partial charge on any atom is -0.457 e. The van der Waals surface area contributed by atoms with E-state index in [0.717, 1.165) is 31.7 Å². The number of amides is 2. The Balaban J connectivity index is 1.36. The predicted octanol–water partition coefficient (Wildman–Crippen LogP) is 4.97. The monoisotopic (exact) mass is 386 g/mol. The second-order valence-electron chi connectivity index (χ2n) is 6.97. The molecule has 0 aromatic heterocycles. The van der Waals surface area contributed by atoms with Crippen LogP contribution in [-0.4, -0.2) is 29.8 Å². The second kappa shape index (κ2) is 8.61. The summed E-state index contributed by atoms with van der Waals surface area (Å²) >= 11 is 0. The number of nitrogens with one attached hydrogen (secondary N) is 1. The smallest absolute Gasteiger partial charge is 0.255 e. The number of benzene rings is 3. The summed E-state index contributed by atoms with van der Waals surface area (Å²) in [5.74, 6) is 1.25. The van der Waals surface area contributed by atoms with Gasteiger partial charge in [0.1, 0.15) is 11.5 Å². The van der Waals surface area contributed by atoms with E-state index in [1.54, 1.807) is 48.5 Å². The molecule has 29 heavy (non-hydrogen) atoms. The molecule has 0 atom stereocenters. The molecular formula is C24H22N2O3. The molecule has 1 N–H and O–H groups in total. The Kier molecular flexibility index (Phi) is 5.56. The Morgan fingerprint density at radius 2 is 1.31 bits per heavy atom. The lowest BCUT2D eigenvalue weighted by Gasteiger charge is -2.15. The second-order valence-corrected chi connectivity index (χ2v) is 6.97. The maximum Gasteiger partial charge on any atom is 0.255 e. The predicted molar refractivity (Wildman–Crippen MR) is 112 cm³/mol. The van der Waals surface area contributed by atoms with Crippen LogP contribution >= 0.6 is 0 Å². The van der Waals surface area contributed by atoms with Gasteiger partial charge in [-0.15, -0.1) is 0 Å². The fourth-order valence-electron chi connectivity index (χ4n) is 3.30. The van der Waals surface area contributed by atoms with Gasteiger partial charge in [0.15, 0.2) is 0 Å². The van der Waals surface area contributed by atoms with Gasteiger partial charge in [0, 0.05) is 29.9 Å². The molecule has 1 fully saturated rings. The van der Waals surface area contributed by atoms with Gasteiger partial charge >= 0.3 is 0 Å². The number of nitrogens with zero attached hydrogens (tertiary/aromatic N) is 1. The summed E-state index contributed by atoms with van der Waals surface area (Å²) in [6, 6.07) is 23.5. The Morgan fingerprint density at radius 3 is 1.97 bits per heavy atom. The lowest BCUT2D eigenvalue weighted by atomic mass is 10.1. The maximum atomic E-state index is 12.5. The van der Waals surface area contributed by atoms with E-state index >= 15 is 0 Å². The van der Waals surface area contributed by atoms with E-state index in [0.29, 0.717) is 22.6 Å². The van der Waals surface area contributed by atoms with Gasteiger partial charge in [-0.1, -0.05) is 18.2 Å².